The lowest BCUT2D eigenvalue weighted by atomic mass is 9.93. The number of benzene rings is 1. The molecule has 1 aliphatic rings. The highest BCUT2D eigenvalue weighted by atomic mass is 19.1. The number of nitro benzene ring substituents is 1. The van der Waals surface area contributed by atoms with Crippen molar-refractivity contribution in [2.45, 2.75) is 25.7 Å². The minimum atomic E-state index is -0.894. The van der Waals surface area contributed by atoms with Crippen LogP contribution < -0.4 is 0 Å². The molecule has 0 aromatic heterocycles. The summed E-state index contributed by atoms with van der Waals surface area (Å²) in [6.45, 7) is 0.760. The van der Waals surface area contributed by atoms with E-state index in [0.717, 1.165) is 24.6 Å². The van der Waals surface area contributed by atoms with Crippen LogP contribution in [-0.4, -0.2) is 39.9 Å². The Labute approximate surface area is 131 Å². The zero-order valence-corrected chi connectivity index (χ0v) is 12.4. The smallest absolute Gasteiger partial charge is 0.303 e. The van der Waals surface area contributed by atoms with Crippen LogP contribution in [0, 0.1) is 21.8 Å². The Balaban J connectivity index is 2.15. The van der Waals surface area contributed by atoms with E-state index in [-0.39, 0.29) is 17.9 Å². The molecule has 1 unspecified atom stereocenters. The maximum absolute atomic E-state index is 13.4. The number of likely N-dealkylation sites (tertiary alicyclic amines) is 1. The minimum absolute atomic E-state index is 0.0206. The molecule has 1 saturated heterocycles. The van der Waals surface area contributed by atoms with E-state index >= 15 is 0 Å². The summed E-state index contributed by atoms with van der Waals surface area (Å²) in [6, 6.07) is 2.80. The Morgan fingerprint density at radius 2 is 2.17 bits per heavy atom. The average Bonchev–Trinajstić information content (AvgIpc) is 2.52. The van der Waals surface area contributed by atoms with Crippen LogP contribution in [0.5, 0.6) is 0 Å². The van der Waals surface area contributed by atoms with Crippen LogP contribution in [0.4, 0.5) is 10.1 Å². The standard InChI is InChI=1S/C15H17FN2O5/c16-11-4-5-13(18(22)23)12(8-11)15(21)17-7-1-2-10(9-17)3-6-14(19)20/h4-5,8,10H,1-3,6-7,9H2,(H,19,20). The van der Waals surface area contributed by atoms with Crippen molar-refractivity contribution in [2.75, 3.05) is 13.1 Å². The predicted molar refractivity (Wildman–Crippen MR) is 78.6 cm³/mol. The fraction of sp³-hybridized carbons (Fsp3) is 0.467. The number of halogens is 1. The van der Waals surface area contributed by atoms with E-state index < -0.39 is 28.3 Å². The molecule has 1 aliphatic heterocycles. The summed E-state index contributed by atoms with van der Waals surface area (Å²) in [4.78, 5) is 34.9. The van der Waals surface area contributed by atoms with Crippen LogP contribution in [0.2, 0.25) is 0 Å². The van der Waals surface area contributed by atoms with Crippen LogP contribution in [0.3, 0.4) is 0 Å². The van der Waals surface area contributed by atoms with Gasteiger partial charge in [0.1, 0.15) is 11.4 Å². The molecule has 8 heteroatoms. The number of carboxylic acids is 1. The highest BCUT2D eigenvalue weighted by Gasteiger charge is 2.29. The van der Waals surface area contributed by atoms with E-state index in [1.807, 2.05) is 0 Å². The van der Waals surface area contributed by atoms with Gasteiger partial charge in [0.2, 0.25) is 0 Å². The molecule has 1 aromatic carbocycles. The lowest BCUT2D eigenvalue weighted by Gasteiger charge is -2.32. The molecule has 0 aliphatic carbocycles. The van der Waals surface area contributed by atoms with E-state index in [2.05, 4.69) is 0 Å². The third kappa shape index (κ3) is 4.24. The molecule has 1 N–H and O–H groups in total. The van der Waals surface area contributed by atoms with Crippen molar-refractivity contribution in [3.63, 3.8) is 0 Å². The number of rotatable bonds is 5. The van der Waals surface area contributed by atoms with Gasteiger partial charge in [-0.25, -0.2) is 4.39 Å². The van der Waals surface area contributed by atoms with Gasteiger partial charge in [-0.05, 0) is 37.3 Å². The fourth-order valence-corrected chi connectivity index (χ4v) is 2.82. The first-order chi connectivity index (χ1) is 10.9. The molecule has 1 aromatic rings. The van der Waals surface area contributed by atoms with Crippen LogP contribution in [0.1, 0.15) is 36.0 Å². The molecule has 7 nitrogen and oxygen atoms in total. The van der Waals surface area contributed by atoms with Gasteiger partial charge in [-0.2, -0.15) is 0 Å². The fourth-order valence-electron chi connectivity index (χ4n) is 2.82. The molecule has 1 fully saturated rings. The second kappa shape index (κ2) is 7.17. The normalized spacial score (nSPS) is 17.8. The van der Waals surface area contributed by atoms with E-state index in [9.17, 15) is 24.1 Å². The highest BCUT2D eigenvalue weighted by Crippen LogP contribution is 2.26. The van der Waals surface area contributed by atoms with Crippen molar-refractivity contribution in [3.8, 4) is 0 Å². The molecule has 0 radical (unpaired) electrons. The van der Waals surface area contributed by atoms with Gasteiger partial charge in [-0.3, -0.25) is 19.7 Å². The first-order valence-electron chi connectivity index (χ1n) is 7.33. The summed E-state index contributed by atoms with van der Waals surface area (Å²) in [5.41, 5.74) is -0.696. The number of amides is 1. The van der Waals surface area contributed by atoms with Crippen LogP contribution in [-0.2, 0) is 4.79 Å². The monoisotopic (exact) mass is 324 g/mol. The van der Waals surface area contributed by atoms with Gasteiger partial charge >= 0.3 is 5.97 Å². The summed E-state index contributed by atoms with van der Waals surface area (Å²) in [7, 11) is 0. The van der Waals surface area contributed by atoms with E-state index in [4.69, 9.17) is 5.11 Å². The summed E-state index contributed by atoms with van der Waals surface area (Å²) in [6.07, 6.45) is 1.97. The molecule has 0 saturated carbocycles. The number of aliphatic carboxylic acids is 1. The van der Waals surface area contributed by atoms with E-state index in [1.54, 1.807) is 0 Å². The summed E-state index contributed by atoms with van der Waals surface area (Å²) >= 11 is 0. The second-order valence-corrected chi connectivity index (χ2v) is 5.61. The van der Waals surface area contributed by atoms with Gasteiger partial charge in [0.15, 0.2) is 0 Å². The lowest BCUT2D eigenvalue weighted by molar-refractivity contribution is -0.385. The van der Waals surface area contributed by atoms with E-state index in [0.29, 0.717) is 25.9 Å². The average molecular weight is 324 g/mol. The van der Waals surface area contributed by atoms with Gasteiger partial charge in [0.05, 0.1) is 4.92 Å². The molecule has 0 spiro atoms. The van der Waals surface area contributed by atoms with Gasteiger partial charge in [0.25, 0.3) is 11.6 Å². The zero-order valence-electron chi connectivity index (χ0n) is 12.4. The van der Waals surface area contributed by atoms with E-state index in [1.165, 1.54) is 4.90 Å². The molecule has 23 heavy (non-hydrogen) atoms. The van der Waals surface area contributed by atoms with Gasteiger partial charge < -0.3 is 10.0 Å². The molecule has 2 rings (SSSR count). The summed E-state index contributed by atoms with van der Waals surface area (Å²) < 4.78 is 13.4. The lowest BCUT2D eigenvalue weighted by Crippen LogP contribution is -2.40. The Morgan fingerprint density at radius 3 is 2.83 bits per heavy atom. The number of piperidine rings is 1. The molecule has 124 valence electrons. The second-order valence-electron chi connectivity index (χ2n) is 5.61. The number of carboxylic acid groups (broad SMARTS) is 1. The predicted octanol–water partition coefficient (Wildman–Crippen LogP) is 2.45. The first kappa shape index (κ1) is 16.9. The van der Waals surface area contributed by atoms with Crippen molar-refractivity contribution in [1.29, 1.82) is 0 Å². The molecule has 1 atom stereocenters. The van der Waals surface area contributed by atoms with Crippen LogP contribution >= 0.6 is 0 Å². The van der Waals surface area contributed by atoms with Crippen molar-refractivity contribution in [2.24, 2.45) is 5.92 Å². The first-order valence-corrected chi connectivity index (χ1v) is 7.33. The van der Waals surface area contributed by atoms with Gasteiger partial charge in [-0.1, -0.05) is 0 Å². The number of carbonyl (C=O) groups excluding carboxylic acids is 1. The topological polar surface area (TPSA) is 101 Å². The maximum atomic E-state index is 13.4. The quantitative estimate of drug-likeness (QED) is 0.662. The van der Waals surface area contributed by atoms with Gasteiger partial charge in [0, 0.05) is 25.6 Å². The number of hydrogen-bond acceptors (Lipinski definition) is 4. The molecule has 1 heterocycles. The summed E-state index contributed by atoms with van der Waals surface area (Å²) in [5, 5.41) is 19.7. The van der Waals surface area contributed by atoms with Crippen molar-refractivity contribution in [3.05, 3.63) is 39.7 Å². The number of nitrogens with zero attached hydrogens (tertiary/aromatic N) is 2. The largest absolute Gasteiger partial charge is 0.481 e. The van der Waals surface area contributed by atoms with Crippen LogP contribution in [0.25, 0.3) is 0 Å². The SMILES string of the molecule is O=C(O)CCC1CCCN(C(=O)c2cc(F)ccc2[N+](=O)[O-])C1. The van der Waals surface area contributed by atoms with Crippen molar-refractivity contribution < 1.29 is 24.0 Å². The third-order valence-electron chi connectivity index (χ3n) is 3.96. The third-order valence-corrected chi connectivity index (χ3v) is 3.96. The van der Waals surface area contributed by atoms with Crippen molar-refractivity contribution >= 4 is 17.6 Å². The Morgan fingerprint density at radius 1 is 1.43 bits per heavy atom. The van der Waals surface area contributed by atoms with Gasteiger partial charge in [-0.15, -0.1) is 0 Å². The highest BCUT2D eigenvalue weighted by molar-refractivity contribution is 5.98. The zero-order chi connectivity index (χ0) is 17.0. The Kier molecular flexibility index (Phi) is 5.25. The molecule has 1 amide bonds. The minimum Gasteiger partial charge on any atom is -0.481 e. The molecular formula is C15H17FN2O5. The molecule has 0 bridgehead atoms. The molecular weight excluding hydrogens is 307 g/mol. The van der Waals surface area contributed by atoms with Crippen LogP contribution in [0.15, 0.2) is 18.2 Å². The Bertz CT molecular complexity index is 634. The number of hydrogen-bond donors (Lipinski definition) is 1. The Hall–Kier alpha value is -2.51. The number of carbonyl (C=O) groups is 2. The summed E-state index contributed by atoms with van der Waals surface area (Å²) in [5.74, 6) is -2.15. The maximum Gasteiger partial charge on any atom is 0.303 e. The number of nitro groups is 1. The van der Waals surface area contributed by atoms with Crippen molar-refractivity contribution in [1.82, 2.24) is 4.90 Å².